The second kappa shape index (κ2) is 6.65. The van der Waals surface area contributed by atoms with Gasteiger partial charge in [0.1, 0.15) is 0 Å². The zero-order valence-electron chi connectivity index (χ0n) is 11.9. The van der Waals surface area contributed by atoms with Crippen LogP contribution in [-0.4, -0.2) is 20.9 Å². The van der Waals surface area contributed by atoms with E-state index in [2.05, 4.69) is 20.3 Å². The van der Waals surface area contributed by atoms with Crippen molar-refractivity contribution in [1.82, 2.24) is 15.0 Å². The number of carbonyl (C=O) groups excluding carboxylic acids is 1. The Morgan fingerprint density at radius 2 is 1.95 bits per heavy atom. The first-order valence-corrected chi connectivity index (χ1v) is 6.53. The van der Waals surface area contributed by atoms with Gasteiger partial charge in [-0.15, -0.1) is 0 Å². The number of nitrogens with one attached hydrogen (secondary N) is 1. The topological polar surface area (TPSA) is 103 Å². The minimum Gasteiger partial charge on any atom is -0.457 e. The quantitative estimate of drug-likeness (QED) is 0.809. The number of rotatable bonds is 5. The molecule has 7 heteroatoms. The van der Waals surface area contributed by atoms with Crippen LogP contribution in [0.1, 0.15) is 19.7 Å². The van der Waals surface area contributed by atoms with Crippen LogP contribution in [0.5, 0.6) is 0 Å². The van der Waals surface area contributed by atoms with Gasteiger partial charge in [-0.2, -0.15) is 15.0 Å². The Hall–Kier alpha value is -2.70. The van der Waals surface area contributed by atoms with E-state index in [4.69, 9.17) is 10.5 Å². The van der Waals surface area contributed by atoms with Gasteiger partial charge in [-0.3, -0.25) is 4.79 Å². The highest BCUT2D eigenvalue weighted by Gasteiger charge is 2.11. The van der Waals surface area contributed by atoms with Crippen molar-refractivity contribution in [2.75, 3.05) is 11.1 Å². The standard InChI is InChI=1S/C14H17N5O2/c1-9(2)12(20)21-8-11-17-13(15)19-14(18-11)16-10-6-4-3-5-7-10/h3-7,9H,8H2,1-2H3,(H3,15,16,17,18,19). The molecule has 0 aliphatic rings. The first kappa shape index (κ1) is 14.7. The van der Waals surface area contributed by atoms with E-state index in [1.165, 1.54) is 0 Å². The average molecular weight is 287 g/mol. The molecule has 0 saturated carbocycles. The highest BCUT2D eigenvalue weighted by atomic mass is 16.5. The lowest BCUT2D eigenvalue weighted by Gasteiger charge is -2.08. The molecule has 3 N–H and O–H groups in total. The molecule has 1 aromatic heterocycles. The lowest BCUT2D eigenvalue weighted by molar-refractivity contribution is -0.148. The largest absolute Gasteiger partial charge is 0.457 e. The van der Waals surface area contributed by atoms with Gasteiger partial charge in [-0.1, -0.05) is 32.0 Å². The van der Waals surface area contributed by atoms with Crippen molar-refractivity contribution in [1.29, 1.82) is 0 Å². The molecule has 0 unspecified atom stereocenters. The van der Waals surface area contributed by atoms with Crippen molar-refractivity contribution in [2.45, 2.75) is 20.5 Å². The third-order valence-corrected chi connectivity index (χ3v) is 2.54. The molecule has 0 atom stereocenters. The lowest BCUT2D eigenvalue weighted by Crippen LogP contribution is -2.14. The molecule has 0 fully saturated rings. The van der Waals surface area contributed by atoms with Crippen LogP contribution in [0.2, 0.25) is 0 Å². The Kier molecular flexibility index (Phi) is 4.65. The molecule has 7 nitrogen and oxygen atoms in total. The minimum absolute atomic E-state index is 0.0345. The van der Waals surface area contributed by atoms with Crippen LogP contribution in [0.15, 0.2) is 30.3 Å². The van der Waals surface area contributed by atoms with Crippen LogP contribution in [0, 0.1) is 5.92 Å². The molecule has 0 radical (unpaired) electrons. The zero-order chi connectivity index (χ0) is 15.2. The van der Waals surface area contributed by atoms with Crippen molar-refractivity contribution in [2.24, 2.45) is 5.92 Å². The van der Waals surface area contributed by atoms with E-state index < -0.39 is 0 Å². The second-order valence-electron chi connectivity index (χ2n) is 4.69. The molecule has 110 valence electrons. The number of benzene rings is 1. The maximum atomic E-state index is 11.4. The Bertz CT molecular complexity index is 616. The molecule has 0 amide bonds. The molecule has 1 heterocycles. The van der Waals surface area contributed by atoms with Crippen molar-refractivity contribution >= 4 is 23.6 Å². The summed E-state index contributed by atoms with van der Waals surface area (Å²) in [6, 6.07) is 9.43. The molecule has 2 aromatic rings. The molecule has 0 bridgehead atoms. The molecule has 0 spiro atoms. The summed E-state index contributed by atoms with van der Waals surface area (Å²) in [6.45, 7) is 3.48. The van der Waals surface area contributed by atoms with Gasteiger partial charge in [0.05, 0.1) is 5.92 Å². The first-order chi connectivity index (χ1) is 10.0. The first-order valence-electron chi connectivity index (χ1n) is 6.53. The Labute approximate surface area is 122 Å². The highest BCUT2D eigenvalue weighted by Crippen LogP contribution is 2.13. The van der Waals surface area contributed by atoms with Crippen molar-refractivity contribution < 1.29 is 9.53 Å². The SMILES string of the molecule is CC(C)C(=O)OCc1nc(N)nc(Nc2ccccc2)n1. The molecule has 0 saturated heterocycles. The third kappa shape index (κ3) is 4.41. The lowest BCUT2D eigenvalue weighted by atomic mass is 10.2. The number of ether oxygens (including phenoxy) is 1. The van der Waals surface area contributed by atoms with Crippen molar-refractivity contribution in [3.05, 3.63) is 36.2 Å². The molecular weight excluding hydrogens is 270 g/mol. The summed E-state index contributed by atoms with van der Waals surface area (Å²) in [7, 11) is 0. The third-order valence-electron chi connectivity index (χ3n) is 2.54. The van der Waals surface area contributed by atoms with Crippen LogP contribution in [0.3, 0.4) is 0 Å². The minimum atomic E-state index is -0.313. The number of nitrogens with two attached hydrogens (primary N) is 1. The summed E-state index contributed by atoms with van der Waals surface area (Å²) in [6.07, 6.45) is 0. The van der Waals surface area contributed by atoms with Crippen LogP contribution < -0.4 is 11.1 Å². The fourth-order valence-electron chi connectivity index (χ4n) is 1.51. The molecule has 2 rings (SSSR count). The number of carbonyl (C=O) groups is 1. The number of esters is 1. The van der Waals surface area contributed by atoms with Crippen LogP contribution >= 0.6 is 0 Å². The molecular formula is C14H17N5O2. The van der Waals surface area contributed by atoms with Crippen molar-refractivity contribution in [3.8, 4) is 0 Å². The van der Waals surface area contributed by atoms with Crippen molar-refractivity contribution in [3.63, 3.8) is 0 Å². The number of hydrogen-bond acceptors (Lipinski definition) is 7. The maximum absolute atomic E-state index is 11.4. The van der Waals surface area contributed by atoms with E-state index in [-0.39, 0.29) is 24.4 Å². The number of nitrogens with zero attached hydrogens (tertiary/aromatic N) is 3. The number of aromatic nitrogens is 3. The van der Waals surface area contributed by atoms with Gasteiger partial charge in [0, 0.05) is 5.69 Å². The normalized spacial score (nSPS) is 10.4. The van der Waals surface area contributed by atoms with E-state index >= 15 is 0 Å². The Morgan fingerprint density at radius 3 is 2.62 bits per heavy atom. The summed E-state index contributed by atoms with van der Waals surface area (Å²) in [5.74, 6) is 0.163. The van der Waals surface area contributed by atoms with E-state index in [1.54, 1.807) is 13.8 Å². The molecule has 1 aromatic carbocycles. The van der Waals surface area contributed by atoms with Gasteiger partial charge in [0.25, 0.3) is 0 Å². The van der Waals surface area contributed by atoms with Gasteiger partial charge < -0.3 is 15.8 Å². The number of para-hydroxylation sites is 1. The highest BCUT2D eigenvalue weighted by molar-refractivity contribution is 5.71. The van der Waals surface area contributed by atoms with Gasteiger partial charge in [0.2, 0.25) is 11.9 Å². The summed E-state index contributed by atoms with van der Waals surface area (Å²) < 4.78 is 5.07. The summed E-state index contributed by atoms with van der Waals surface area (Å²) in [4.78, 5) is 23.5. The second-order valence-corrected chi connectivity index (χ2v) is 4.69. The summed E-state index contributed by atoms with van der Waals surface area (Å²) in [5, 5.41) is 3.01. The van der Waals surface area contributed by atoms with E-state index in [1.807, 2.05) is 30.3 Å². The smallest absolute Gasteiger partial charge is 0.308 e. The molecule has 21 heavy (non-hydrogen) atoms. The Morgan fingerprint density at radius 1 is 1.24 bits per heavy atom. The van der Waals surface area contributed by atoms with Gasteiger partial charge >= 0.3 is 5.97 Å². The van der Waals surface area contributed by atoms with Gasteiger partial charge in [-0.25, -0.2) is 0 Å². The summed E-state index contributed by atoms with van der Waals surface area (Å²) in [5.41, 5.74) is 6.46. The predicted octanol–water partition coefficient (Wildman–Crippen LogP) is 1.90. The zero-order valence-corrected chi connectivity index (χ0v) is 11.9. The van der Waals surface area contributed by atoms with E-state index in [0.29, 0.717) is 11.8 Å². The average Bonchev–Trinajstić information content (AvgIpc) is 2.45. The fraction of sp³-hybridized carbons (Fsp3) is 0.286. The number of nitrogen functional groups attached to an aromatic ring is 1. The number of hydrogen-bond donors (Lipinski definition) is 2. The van der Waals surface area contributed by atoms with Crippen LogP contribution in [0.25, 0.3) is 0 Å². The Balaban J connectivity index is 2.08. The van der Waals surface area contributed by atoms with Crippen LogP contribution in [-0.2, 0) is 16.1 Å². The van der Waals surface area contributed by atoms with Crippen LogP contribution in [0.4, 0.5) is 17.6 Å². The van der Waals surface area contributed by atoms with E-state index in [0.717, 1.165) is 5.69 Å². The summed E-state index contributed by atoms with van der Waals surface area (Å²) >= 11 is 0. The fourth-order valence-corrected chi connectivity index (χ4v) is 1.51. The number of anilines is 3. The monoisotopic (exact) mass is 287 g/mol. The molecule has 0 aliphatic heterocycles. The molecule has 0 aliphatic carbocycles. The van der Waals surface area contributed by atoms with E-state index in [9.17, 15) is 4.79 Å². The van der Waals surface area contributed by atoms with Gasteiger partial charge in [-0.05, 0) is 12.1 Å². The maximum Gasteiger partial charge on any atom is 0.308 e. The predicted molar refractivity (Wildman–Crippen MR) is 78.6 cm³/mol. The van der Waals surface area contributed by atoms with Gasteiger partial charge in [0.15, 0.2) is 12.4 Å².